The molecule has 27 heavy (non-hydrogen) atoms. The summed E-state index contributed by atoms with van der Waals surface area (Å²) in [5, 5.41) is 1.12. The van der Waals surface area contributed by atoms with Gasteiger partial charge in [-0.25, -0.2) is 0 Å². The highest BCUT2D eigenvalue weighted by atomic mass is 79.9. The molecular weight excluding hydrogens is 400 g/mol. The van der Waals surface area contributed by atoms with Crippen molar-refractivity contribution in [2.75, 3.05) is 11.9 Å². The van der Waals surface area contributed by atoms with E-state index in [9.17, 15) is 4.79 Å². The monoisotopic (exact) mass is 446 g/mol. The van der Waals surface area contributed by atoms with Gasteiger partial charge in [-0.05, 0) is 25.7 Å². The van der Waals surface area contributed by atoms with E-state index in [1.54, 1.807) is 0 Å². The van der Waals surface area contributed by atoms with E-state index in [4.69, 9.17) is 4.74 Å². The molecule has 0 heterocycles. The Hall–Kier alpha value is -0.0500. The second-order valence-corrected chi connectivity index (χ2v) is 8.87. The van der Waals surface area contributed by atoms with Gasteiger partial charge in [0.2, 0.25) is 0 Å². The zero-order valence-corrected chi connectivity index (χ0v) is 20.0. The summed E-state index contributed by atoms with van der Waals surface area (Å²) in [6.07, 6.45) is 22.1. The van der Waals surface area contributed by atoms with Gasteiger partial charge in [-0.2, -0.15) is 0 Å². The van der Waals surface area contributed by atoms with Crippen LogP contribution in [0.15, 0.2) is 0 Å². The summed E-state index contributed by atoms with van der Waals surface area (Å²) in [7, 11) is 0. The van der Waals surface area contributed by atoms with Gasteiger partial charge in [0.05, 0.1) is 12.5 Å². The van der Waals surface area contributed by atoms with Gasteiger partial charge in [-0.1, -0.05) is 120 Å². The number of alkyl halides is 1. The summed E-state index contributed by atoms with van der Waals surface area (Å²) < 4.78 is 5.63. The molecule has 1 atom stereocenters. The van der Waals surface area contributed by atoms with Gasteiger partial charge in [0, 0.05) is 5.33 Å². The van der Waals surface area contributed by atoms with E-state index in [1.165, 1.54) is 96.3 Å². The number of esters is 1. The van der Waals surface area contributed by atoms with Gasteiger partial charge in [0.15, 0.2) is 0 Å². The molecule has 0 saturated heterocycles. The number of rotatable bonds is 21. The van der Waals surface area contributed by atoms with Crippen molar-refractivity contribution >= 4 is 21.9 Å². The number of ether oxygens (including phenoxy) is 1. The van der Waals surface area contributed by atoms with Crippen molar-refractivity contribution in [3.05, 3.63) is 0 Å². The first-order valence-corrected chi connectivity index (χ1v) is 13.1. The Morgan fingerprint density at radius 3 is 1.67 bits per heavy atom. The highest BCUT2D eigenvalue weighted by molar-refractivity contribution is 9.09. The summed E-state index contributed by atoms with van der Waals surface area (Å²) in [6, 6.07) is 0. The molecule has 0 rings (SSSR count). The number of unbranched alkanes of at least 4 members (excludes halogenated alkanes) is 13. The molecule has 0 aliphatic carbocycles. The van der Waals surface area contributed by atoms with Gasteiger partial charge in [-0.15, -0.1) is 0 Å². The largest absolute Gasteiger partial charge is 0.465 e. The Bertz CT molecular complexity index is 307. The lowest BCUT2D eigenvalue weighted by Crippen LogP contribution is -2.18. The van der Waals surface area contributed by atoms with Crippen molar-refractivity contribution in [1.82, 2.24) is 0 Å². The van der Waals surface area contributed by atoms with Crippen molar-refractivity contribution in [3.63, 3.8) is 0 Å². The van der Waals surface area contributed by atoms with Crippen LogP contribution in [0, 0.1) is 5.92 Å². The standard InChI is InChI=1S/C24H47BrO2/c1-3-5-7-9-14-18-22-27-24(26)23(19-15-8-6-4-2)20-16-12-10-11-13-17-21-25/h23H,3-22H2,1-2H3. The molecule has 0 fully saturated rings. The van der Waals surface area contributed by atoms with E-state index >= 15 is 0 Å². The minimum atomic E-state index is 0.0827. The molecule has 1 unspecified atom stereocenters. The lowest BCUT2D eigenvalue weighted by atomic mass is 9.94. The Morgan fingerprint density at radius 2 is 1.11 bits per heavy atom. The van der Waals surface area contributed by atoms with Gasteiger partial charge >= 0.3 is 5.97 Å². The molecule has 0 radical (unpaired) electrons. The van der Waals surface area contributed by atoms with Crippen LogP contribution in [-0.4, -0.2) is 17.9 Å². The van der Waals surface area contributed by atoms with Gasteiger partial charge in [-0.3, -0.25) is 4.79 Å². The Morgan fingerprint density at radius 1 is 0.667 bits per heavy atom. The van der Waals surface area contributed by atoms with Gasteiger partial charge in [0.25, 0.3) is 0 Å². The molecule has 0 saturated carbocycles. The van der Waals surface area contributed by atoms with Crippen LogP contribution in [0.4, 0.5) is 0 Å². The van der Waals surface area contributed by atoms with Crippen molar-refractivity contribution in [2.24, 2.45) is 5.92 Å². The zero-order chi connectivity index (χ0) is 20.0. The highest BCUT2D eigenvalue weighted by Gasteiger charge is 2.19. The molecule has 0 aromatic carbocycles. The molecule has 3 heteroatoms. The van der Waals surface area contributed by atoms with Crippen LogP contribution in [0.3, 0.4) is 0 Å². The quantitative estimate of drug-likeness (QED) is 0.100. The summed E-state index contributed by atoms with van der Waals surface area (Å²) in [5.41, 5.74) is 0. The van der Waals surface area contributed by atoms with E-state index in [2.05, 4.69) is 29.8 Å². The number of hydrogen-bond acceptors (Lipinski definition) is 2. The number of hydrogen-bond donors (Lipinski definition) is 0. The fourth-order valence-corrected chi connectivity index (χ4v) is 3.96. The van der Waals surface area contributed by atoms with Crippen molar-refractivity contribution in [1.29, 1.82) is 0 Å². The molecule has 0 amide bonds. The number of carbonyl (C=O) groups is 1. The van der Waals surface area contributed by atoms with Crippen molar-refractivity contribution < 1.29 is 9.53 Å². The Kier molecular flexibility index (Phi) is 22.2. The SMILES string of the molecule is CCCCCCCCOC(=O)C(CCCCCC)CCCCCCCCBr. The smallest absolute Gasteiger partial charge is 0.308 e. The fourth-order valence-electron chi connectivity index (χ4n) is 3.56. The molecule has 2 nitrogen and oxygen atoms in total. The Balaban J connectivity index is 3.95. The predicted octanol–water partition coefficient (Wildman–Crippen LogP) is 8.60. The normalized spacial score (nSPS) is 12.3. The summed E-state index contributed by atoms with van der Waals surface area (Å²) in [5.74, 6) is 0.226. The summed E-state index contributed by atoms with van der Waals surface area (Å²) in [4.78, 5) is 12.5. The van der Waals surface area contributed by atoms with E-state index in [-0.39, 0.29) is 11.9 Å². The average molecular weight is 448 g/mol. The van der Waals surface area contributed by atoms with E-state index in [1.807, 2.05) is 0 Å². The van der Waals surface area contributed by atoms with Crippen LogP contribution in [0.25, 0.3) is 0 Å². The minimum absolute atomic E-state index is 0.0827. The van der Waals surface area contributed by atoms with Gasteiger partial charge < -0.3 is 4.74 Å². The lowest BCUT2D eigenvalue weighted by Gasteiger charge is -2.16. The van der Waals surface area contributed by atoms with Crippen LogP contribution < -0.4 is 0 Å². The van der Waals surface area contributed by atoms with Crippen LogP contribution in [0.1, 0.15) is 129 Å². The first kappa shape index (κ1) is 27.0. The summed E-state index contributed by atoms with van der Waals surface area (Å²) in [6.45, 7) is 5.11. The number of carbonyl (C=O) groups excluding carboxylic acids is 1. The third kappa shape index (κ3) is 19.1. The summed E-state index contributed by atoms with van der Waals surface area (Å²) >= 11 is 3.49. The third-order valence-corrected chi connectivity index (χ3v) is 5.98. The molecule has 0 aliphatic heterocycles. The maximum Gasteiger partial charge on any atom is 0.308 e. The van der Waals surface area contributed by atoms with Crippen LogP contribution in [-0.2, 0) is 9.53 Å². The molecule has 0 aromatic heterocycles. The molecular formula is C24H47BrO2. The first-order valence-electron chi connectivity index (χ1n) is 12.0. The number of halogens is 1. The van der Waals surface area contributed by atoms with Crippen LogP contribution in [0.2, 0.25) is 0 Å². The second kappa shape index (κ2) is 22.2. The maximum atomic E-state index is 12.5. The molecule has 0 aromatic rings. The minimum Gasteiger partial charge on any atom is -0.465 e. The molecule has 0 bridgehead atoms. The van der Waals surface area contributed by atoms with Crippen molar-refractivity contribution in [3.8, 4) is 0 Å². The van der Waals surface area contributed by atoms with Crippen LogP contribution >= 0.6 is 15.9 Å². The molecule has 0 N–H and O–H groups in total. The predicted molar refractivity (Wildman–Crippen MR) is 123 cm³/mol. The zero-order valence-electron chi connectivity index (χ0n) is 18.4. The average Bonchev–Trinajstić information content (AvgIpc) is 2.68. The lowest BCUT2D eigenvalue weighted by molar-refractivity contribution is -0.149. The topological polar surface area (TPSA) is 26.3 Å². The fraction of sp³-hybridized carbons (Fsp3) is 0.958. The van der Waals surface area contributed by atoms with E-state index in [0.717, 1.165) is 24.6 Å². The van der Waals surface area contributed by atoms with Crippen LogP contribution in [0.5, 0.6) is 0 Å². The second-order valence-electron chi connectivity index (χ2n) is 8.08. The molecule has 162 valence electrons. The van der Waals surface area contributed by atoms with Crippen molar-refractivity contribution in [2.45, 2.75) is 129 Å². The first-order chi connectivity index (χ1) is 13.3. The van der Waals surface area contributed by atoms with Gasteiger partial charge in [0.1, 0.15) is 0 Å². The molecule has 0 aliphatic rings. The Labute approximate surface area is 178 Å². The van der Waals surface area contributed by atoms with E-state index in [0.29, 0.717) is 6.61 Å². The molecule has 0 spiro atoms. The maximum absolute atomic E-state index is 12.5. The third-order valence-electron chi connectivity index (χ3n) is 5.42. The van der Waals surface area contributed by atoms with E-state index < -0.39 is 0 Å². The highest BCUT2D eigenvalue weighted by Crippen LogP contribution is 2.20.